The van der Waals surface area contributed by atoms with Gasteiger partial charge in [0, 0.05) is 12.6 Å². The van der Waals surface area contributed by atoms with Crippen LogP contribution in [0.3, 0.4) is 0 Å². The second-order valence-electron chi connectivity index (χ2n) is 6.46. The number of rotatable bonds is 5. The van der Waals surface area contributed by atoms with E-state index >= 15 is 0 Å². The average Bonchev–Trinajstić information content (AvgIpc) is 3.22. The largest absolute Gasteiger partial charge is 0.468 e. The Hall–Kier alpha value is -1.49. The molecule has 2 N–H and O–H groups in total. The lowest BCUT2D eigenvalue weighted by Crippen LogP contribution is -2.45. The minimum absolute atomic E-state index is 0.0392. The van der Waals surface area contributed by atoms with Crippen molar-refractivity contribution in [3.8, 4) is 0 Å². The molecule has 2 heterocycles. The third kappa shape index (κ3) is 4.03. The fourth-order valence-corrected chi connectivity index (χ4v) is 3.62. The zero-order chi connectivity index (χ0) is 15.2. The summed E-state index contributed by atoms with van der Waals surface area (Å²) in [5.74, 6) is 0.944. The van der Waals surface area contributed by atoms with Gasteiger partial charge in [0.1, 0.15) is 5.76 Å². The minimum Gasteiger partial charge on any atom is -0.468 e. The first-order valence-corrected chi connectivity index (χ1v) is 8.65. The van der Waals surface area contributed by atoms with Crippen LogP contribution in [-0.4, -0.2) is 36.6 Å². The van der Waals surface area contributed by atoms with Crippen LogP contribution in [0.15, 0.2) is 22.8 Å². The Labute approximate surface area is 132 Å². The second kappa shape index (κ2) is 7.68. The summed E-state index contributed by atoms with van der Waals surface area (Å²) >= 11 is 0. The van der Waals surface area contributed by atoms with Crippen molar-refractivity contribution in [3.05, 3.63) is 24.2 Å². The van der Waals surface area contributed by atoms with Crippen LogP contribution in [0.25, 0.3) is 0 Å². The van der Waals surface area contributed by atoms with Crippen molar-refractivity contribution in [3.63, 3.8) is 0 Å². The molecule has 0 aromatic carbocycles. The minimum atomic E-state index is -0.0392. The van der Waals surface area contributed by atoms with Gasteiger partial charge in [-0.25, -0.2) is 4.79 Å². The number of carbonyl (C=O) groups excluding carboxylic acids is 1. The molecule has 2 fully saturated rings. The molecule has 3 rings (SSSR count). The van der Waals surface area contributed by atoms with E-state index in [0.29, 0.717) is 12.6 Å². The predicted octanol–water partition coefficient (Wildman–Crippen LogP) is 3.05. The number of urea groups is 1. The van der Waals surface area contributed by atoms with Gasteiger partial charge in [0.2, 0.25) is 0 Å². The first-order valence-electron chi connectivity index (χ1n) is 8.65. The van der Waals surface area contributed by atoms with Crippen molar-refractivity contribution in [2.45, 2.75) is 57.0 Å². The number of carbonyl (C=O) groups is 1. The van der Waals surface area contributed by atoms with Crippen molar-refractivity contribution >= 4 is 6.03 Å². The summed E-state index contributed by atoms with van der Waals surface area (Å²) in [5.41, 5.74) is 0. The zero-order valence-corrected chi connectivity index (χ0v) is 13.2. The highest BCUT2D eigenvalue weighted by atomic mass is 16.3. The summed E-state index contributed by atoms with van der Waals surface area (Å²) in [5, 5.41) is 6.15. The second-order valence-corrected chi connectivity index (χ2v) is 6.46. The van der Waals surface area contributed by atoms with Gasteiger partial charge in [-0.05, 0) is 50.9 Å². The molecule has 1 aromatic heterocycles. The highest BCUT2D eigenvalue weighted by molar-refractivity contribution is 5.74. The summed E-state index contributed by atoms with van der Waals surface area (Å²) in [7, 11) is 0. The van der Waals surface area contributed by atoms with Gasteiger partial charge in [0.05, 0.1) is 12.3 Å². The molecule has 5 heteroatoms. The Balaban J connectivity index is 1.51. The third-order valence-electron chi connectivity index (χ3n) is 4.85. The molecule has 22 heavy (non-hydrogen) atoms. The van der Waals surface area contributed by atoms with E-state index in [2.05, 4.69) is 15.5 Å². The lowest BCUT2D eigenvalue weighted by Gasteiger charge is -2.27. The van der Waals surface area contributed by atoms with Crippen molar-refractivity contribution < 1.29 is 9.21 Å². The first-order chi connectivity index (χ1) is 10.8. The molecule has 0 spiro atoms. The Morgan fingerprint density at radius 2 is 2.00 bits per heavy atom. The predicted molar refractivity (Wildman–Crippen MR) is 85.7 cm³/mol. The molecule has 1 atom stereocenters. The smallest absolute Gasteiger partial charge is 0.315 e. The number of likely N-dealkylation sites (tertiary alicyclic amines) is 1. The molecule has 5 nitrogen and oxygen atoms in total. The number of hydrogen-bond acceptors (Lipinski definition) is 3. The quantitative estimate of drug-likeness (QED) is 0.879. The Bertz CT molecular complexity index is 448. The highest BCUT2D eigenvalue weighted by Crippen LogP contribution is 2.25. The van der Waals surface area contributed by atoms with Crippen LogP contribution in [0, 0.1) is 0 Å². The maximum Gasteiger partial charge on any atom is 0.315 e. The Morgan fingerprint density at radius 1 is 1.23 bits per heavy atom. The third-order valence-corrected chi connectivity index (χ3v) is 4.85. The van der Waals surface area contributed by atoms with Crippen LogP contribution >= 0.6 is 0 Å². The molecule has 1 saturated carbocycles. The molecule has 1 aliphatic heterocycles. The molecule has 0 radical (unpaired) electrons. The molecular formula is C17H27N3O2. The number of amides is 2. The van der Waals surface area contributed by atoms with E-state index in [9.17, 15) is 4.79 Å². The summed E-state index contributed by atoms with van der Waals surface area (Å²) in [6.07, 6.45) is 10.1. The van der Waals surface area contributed by atoms with Crippen LogP contribution in [0.2, 0.25) is 0 Å². The normalized spacial score (nSPS) is 21.6. The van der Waals surface area contributed by atoms with E-state index in [-0.39, 0.29) is 12.1 Å². The molecule has 1 saturated heterocycles. The molecule has 2 amide bonds. The van der Waals surface area contributed by atoms with E-state index in [1.807, 2.05) is 12.1 Å². The zero-order valence-electron chi connectivity index (χ0n) is 13.2. The average molecular weight is 305 g/mol. The molecule has 122 valence electrons. The lowest BCUT2D eigenvalue weighted by atomic mass is 9.96. The van der Waals surface area contributed by atoms with Gasteiger partial charge in [-0.1, -0.05) is 19.3 Å². The Morgan fingerprint density at radius 3 is 2.68 bits per heavy atom. The monoisotopic (exact) mass is 305 g/mol. The summed E-state index contributed by atoms with van der Waals surface area (Å²) < 4.78 is 5.58. The maximum atomic E-state index is 12.1. The van der Waals surface area contributed by atoms with E-state index in [1.165, 1.54) is 32.1 Å². The number of nitrogens with zero attached hydrogens (tertiary/aromatic N) is 1. The van der Waals surface area contributed by atoms with Gasteiger partial charge in [0.25, 0.3) is 0 Å². The van der Waals surface area contributed by atoms with Gasteiger partial charge >= 0.3 is 6.03 Å². The lowest BCUT2D eigenvalue weighted by molar-refractivity contribution is 0.200. The van der Waals surface area contributed by atoms with Crippen molar-refractivity contribution in [2.75, 3.05) is 19.6 Å². The topological polar surface area (TPSA) is 57.5 Å². The summed E-state index contributed by atoms with van der Waals surface area (Å²) in [6.45, 7) is 2.76. The van der Waals surface area contributed by atoms with E-state index in [1.54, 1.807) is 6.26 Å². The van der Waals surface area contributed by atoms with Crippen LogP contribution in [-0.2, 0) is 0 Å². The molecule has 1 aliphatic carbocycles. The molecule has 1 unspecified atom stereocenters. The Kier molecular flexibility index (Phi) is 5.38. The summed E-state index contributed by atoms with van der Waals surface area (Å²) in [6, 6.07) is 4.38. The number of hydrogen-bond donors (Lipinski definition) is 2. The van der Waals surface area contributed by atoms with E-state index in [4.69, 9.17) is 4.42 Å². The van der Waals surface area contributed by atoms with Crippen LogP contribution in [0.1, 0.15) is 56.7 Å². The van der Waals surface area contributed by atoms with Gasteiger partial charge in [-0.15, -0.1) is 0 Å². The molecule has 0 bridgehead atoms. The van der Waals surface area contributed by atoms with Crippen molar-refractivity contribution in [1.82, 2.24) is 15.5 Å². The fourth-order valence-electron chi connectivity index (χ4n) is 3.62. The molecular weight excluding hydrogens is 278 g/mol. The summed E-state index contributed by atoms with van der Waals surface area (Å²) in [4.78, 5) is 14.5. The van der Waals surface area contributed by atoms with Crippen molar-refractivity contribution in [1.29, 1.82) is 0 Å². The van der Waals surface area contributed by atoms with E-state index < -0.39 is 0 Å². The molecule has 1 aromatic rings. The number of furan rings is 1. The first kappa shape index (κ1) is 15.4. The number of nitrogens with one attached hydrogen (secondary N) is 2. The maximum absolute atomic E-state index is 12.1. The highest BCUT2D eigenvalue weighted by Gasteiger charge is 2.26. The van der Waals surface area contributed by atoms with Crippen molar-refractivity contribution in [2.24, 2.45) is 0 Å². The van der Waals surface area contributed by atoms with Gasteiger partial charge in [-0.3, -0.25) is 4.90 Å². The van der Waals surface area contributed by atoms with Gasteiger partial charge in [-0.2, -0.15) is 0 Å². The van der Waals surface area contributed by atoms with Gasteiger partial charge < -0.3 is 15.1 Å². The van der Waals surface area contributed by atoms with Crippen LogP contribution < -0.4 is 10.6 Å². The van der Waals surface area contributed by atoms with Crippen LogP contribution in [0.5, 0.6) is 0 Å². The van der Waals surface area contributed by atoms with Gasteiger partial charge in [0.15, 0.2) is 0 Å². The SMILES string of the molecule is O=C(NCC(c1ccco1)N1CCCC1)NC1CCCCC1. The molecule has 2 aliphatic rings. The fraction of sp³-hybridized carbons (Fsp3) is 0.706. The standard InChI is InChI=1S/C17H27N3O2/c21-17(19-14-7-2-1-3-8-14)18-13-15(16-9-6-12-22-16)20-10-4-5-11-20/h6,9,12,14-15H,1-5,7-8,10-11,13H2,(H2,18,19,21). The van der Waals surface area contributed by atoms with E-state index in [0.717, 1.165) is 31.7 Å². The van der Waals surface area contributed by atoms with Crippen LogP contribution in [0.4, 0.5) is 4.79 Å².